The molecule has 100 valence electrons. The first-order valence-electron chi connectivity index (χ1n) is 6.85. The number of carbonyl (C=O) groups excluding carboxylic acids is 2. The number of hydrogen-bond acceptors (Lipinski definition) is 2. The first kappa shape index (κ1) is 12.2. The fourth-order valence-electron chi connectivity index (χ4n) is 3.22. The van der Waals surface area contributed by atoms with Gasteiger partial charge in [0.25, 0.3) is 0 Å². The van der Waals surface area contributed by atoms with Gasteiger partial charge in [-0.2, -0.15) is 0 Å². The number of fused-ring (bicyclic) bond motifs is 1. The maximum atomic E-state index is 12.2. The van der Waals surface area contributed by atoms with E-state index in [1.165, 1.54) is 0 Å². The number of urea groups is 1. The molecule has 1 aromatic rings. The molecule has 0 aliphatic carbocycles. The summed E-state index contributed by atoms with van der Waals surface area (Å²) in [6, 6.07) is 7.83. The lowest BCUT2D eigenvalue weighted by Gasteiger charge is -2.43. The molecule has 4 heteroatoms. The molecule has 0 radical (unpaired) electrons. The van der Waals surface area contributed by atoms with E-state index in [4.69, 9.17) is 0 Å². The molecule has 0 saturated carbocycles. The van der Waals surface area contributed by atoms with Crippen LogP contribution >= 0.6 is 0 Å². The minimum absolute atomic E-state index is 0.0248. The van der Waals surface area contributed by atoms with Crippen LogP contribution in [0.3, 0.4) is 0 Å². The van der Waals surface area contributed by atoms with Crippen molar-refractivity contribution in [3.05, 3.63) is 35.4 Å². The molecule has 0 unspecified atom stereocenters. The second kappa shape index (κ2) is 4.68. The zero-order valence-corrected chi connectivity index (χ0v) is 11.1. The lowest BCUT2D eigenvalue weighted by atomic mass is 9.83. The van der Waals surface area contributed by atoms with Crippen molar-refractivity contribution in [2.45, 2.75) is 38.1 Å². The number of carbonyl (C=O) groups is 2. The monoisotopic (exact) mass is 258 g/mol. The summed E-state index contributed by atoms with van der Waals surface area (Å²) in [5, 5.41) is 2.49. The average molecular weight is 258 g/mol. The lowest BCUT2D eigenvalue weighted by molar-refractivity contribution is -0.125. The Morgan fingerprint density at radius 1 is 1.26 bits per heavy atom. The summed E-state index contributed by atoms with van der Waals surface area (Å²) < 4.78 is 0. The molecule has 2 heterocycles. The van der Waals surface area contributed by atoms with Crippen molar-refractivity contribution >= 4 is 11.9 Å². The van der Waals surface area contributed by atoms with Gasteiger partial charge in [-0.3, -0.25) is 10.1 Å². The van der Waals surface area contributed by atoms with Crippen LogP contribution in [0.2, 0.25) is 0 Å². The van der Waals surface area contributed by atoms with Crippen molar-refractivity contribution in [2.24, 2.45) is 0 Å². The lowest BCUT2D eigenvalue weighted by Crippen LogP contribution is -2.60. The molecular weight excluding hydrogens is 240 g/mol. The van der Waals surface area contributed by atoms with Gasteiger partial charge in [-0.25, -0.2) is 4.79 Å². The quantitative estimate of drug-likeness (QED) is 0.839. The topological polar surface area (TPSA) is 49.4 Å². The third-order valence-corrected chi connectivity index (χ3v) is 4.11. The van der Waals surface area contributed by atoms with Crippen LogP contribution in [0.15, 0.2) is 24.3 Å². The molecular formula is C15H18N2O2. The van der Waals surface area contributed by atoms with Gasteiger partial charge in [0.05, 0.1) is 5.92 Å². The highest BCUT2D eigenvalue weighted by molar-refractivity contribution is 6.01. The predicted molar refractivity (Wildman–Crippen MR) is 71.8 cm³/mol. The van der Waals surface area contributed by atoms with Crippen molar-refractivity contribution in [1.29, 1.82) is 0 Å². The molecule has 19 heavy (non-hydrogen) atoms. The van der Waals surface area contributed by atoms with Gasteiger partial charge in [0.1, 0.15) is 0 Å². The van der Waals surface area contributed by atoms with Crippen molar-refractivity contribution in [1.82, 2.24) is 10.2 Å². The summed E-state index contributed by atoms with van der Waals surface area (Å²) in [6.45, 7) is 2.78. The van der Waals surface area contributed by atoms with Crippen LogP contribution in [0, 0.1) is 6.92 Å². The third-order valence-electron chi connectivity index (χ3n) is 4.11. The summed E-state index contributed by atoms with van der Waals surface area (Å²) >= 11 is 0. The summed E-state index contributed by atoms with van der Waals surface area (Å²) in [5.74, 6) is -0.378. The Bertz CT molecular complexity index is 527. The molecule has 2 aliphatic heterocycles. The number of nitrogens with zero attached hydrogens (tertiary/aromatic N) is 1. The highest BCUT2D eigenvalue weighted by Gasteiger charge is 2.42. The van der Waals surface area contributed by atoms with Gasteiger partial charge in [0.2, 0.25) is 5.91 Å². The Labute approximate surface area is 112 Å². The minimum atomic E-state index is -0.224. The fraction of sp³-hybridized carbons (Fsp3) is 0.467. The van der Waals surface area contributed by atoms with Gasteiger partial charge in [-0.1, -0.05) is 29.8 Å². The highest BCUT2D eigenvalue weighted by Crippen LogP contribution is 2.33. The first-order chi connectivity index (χ1) is 9.16. The van der Waals surface area contributed by atoms with E-state index in [1.807, 2.05) is 36.1 Å². The number of imide groups is 1. The highest BCUT2D eigenvalue weighted by atomic mass is 16.2. The Hall–Kier alpha value is -1.84. The van der Waals surface area contributed by atoms with Crippen molar-refractivity contribution < 1.29 is 9.59 Å². The van der Waals surface area contributed by atoms with Gasteiger partial charge < -0.3 is 4.90 Å². The average Bonchev–Trinajstić information content (AvgIpc) is 2.39. The molecule has 3 rings (SSSR count). The Morgan fingerprint density at radius 2 is 2.11 bits per heavy atom. The molecule has 2 fully saturated rings. The number of rotatable bonds is 1. The van der Waals surface area contributed by atoms with E-state index >= 15 is 0 Å². The number of amides is 3. The molecule has 1 aromatic carbocycles. The summed E-state index contributed by atoms with van der Waals surface area (Å²) in [7, 11) is 0. The number of nitrogens with one attached hydrogen (secondary N) is 1. The van der Waals surface area contributed by atoms with Crippen molar-refractivity contribution in [2.75, 3.05) is 6.54 Å². The second-order valence-corrected chi connectivity index (χ2v) is 5.44. The molecule has 0 aromatic heterocycles. The van der Waals surface area contributed by atoms with E-state index in [-0.39, 0.29) is 23.9 Å². The van der Waals surface area contributed by atoms with E-state index in [9.17, 15) is 9.59 Å². The van der Waals surface area contributed by atoms with Gasteiger partial charge in [0, 0.05) is 12.6 Å². The predicted octanol–water partition coefficient (Wildman–Crippen LogP) is 2.18. The van der Waals surface area contributed by atoms with Gasteiger partial charge >= 0.3 is 6.03 Å². The van der Waals surface area contributed by atoms with Gasteiger partial charge in [-0.15, -0.1) is 0 Å². The standard InChI is InChI=1S/C15H18N2O2/c1-10-5-4-6-11(9-10)13-12-7-2-3-8-17(12)15(19)16-14(13)18/h4-6,9,12-13H,2-3,7-8H2,1H3,(H,16,18,19)/t12-,13-/m0/s1. The molecule has 2 aliphatic rings. The van der Waals surface area contributed by atoms with Crippen LogP contribution < -0.4 is 5.32 Å². The Morgan fingerprint density at radius 3 is 2.89 bits per heavy atom. The zero-order chi connectivity index (χ0) is 13.4. The largest absolute Gasteiger partial charge is 0.324 e. The van der Waals surface area contributed by atoms with E-state index in [2.05, 4.69) is 5.32 Å². The smallest absolute Gasteiger partial charge is 0.320 e. The van der Waals surface area contributed by atoms with Gasteiger partial charge in [-0.05, 0) is 31.7 Å². The number of aryl methyl sites for hydroxylation is 1. The normalized spacial score (nSPS) is 26.9. The van der Waals surface area contributed by atoms with Crippen LogP contribution in [0.1, 0.15) is 36.3 Å². The zero-order valence-electron chi connectivity index (χ0n) is 11.1. The van der Waals surface area contributed by atoms with E-state index < -0.39 is 0 Å². The molecule has 4 nitrogen and oxygen atoms in total. The second-order valence-electron chi connectivity index (χ2n) is 5.44. The maximum Gasteiger partial charge on any atom is 0.324 e. The van der Waals surface area contributed by atoms with Crippen LogP contribution in [-0.2, 0) is 4.79 Å². The molecule has 2 saturated heterocycles. The van der Waals surface area contributed by atoms with Crippen LogP contribution in [0.5, 0.6) is 0 Å². The molecule has 1 N–H and O–H groups in total. The molecule has 0 bridgehead atoms. The van der Waals surface area contributed by atoms with Gasteiger partial charge in [0.15, 0.2) is 0 Å². The van der Waals surface area contributed by atoms with Crippen LogP contribution in [-0.4, -0.2) is 29.4 Å². The van der Waals surface area contributed by atoms with Crippen molar-refractivity contribution in [3.8, 4) is 0 Å². The summed E-state index contributed by atoms with van der Waals surface area (Å²) in [5.41, 5.74) is 2.16. The Kier molecular flexibility index (Phi) is 3.01. The maximum absolute atomic E-state index is 12.2. The number of benzene rings is 1. The number of piperidine rings is 1. The molecule has 0 spiro atoms. The molecule has 2 atom stereocenters. The summed E-state index contributed by atoms with van der Waals surface area (Å²) in [6.07, 6.45) is 3.03. The first-order valence-corrected chi connectivity index (χ1v) is 6.85. The fourth-order valence-corrected chi connectivity index (χ4v) is 3.22. The van der Waals surface area contributed by atoms with Crippen molar-refractivity contribution in [3.63, 3.8) is 0 Å². The molecule has 3 amide bonds. The van der Waals surface area contributed by atoms with E-state index in [0.717, 1.165) is 36.9 Å². The summed E-state index contributed by atoms with van der Waals surface area (Å²) in [4.78, 5) is 25.9. The third kappa shape index (κ3) is 2.11. The van der Waals surface area contributed by atoms with Crippen LogP contribution in [0.25, 0.3) is 0 Å². The minimum Gasteiger partial charge on any atom is -0.320 e. The SMILES string of the molecule is Cc1cccc([C@@H]2C(=O)NC(=O)N3CCCC[C@@H]23)c1. The Balaban J connectivity index is 1.98. The van der Waals surface area contributed by atoms with Crippen LogP contribution in [0.4, 0.5) is 4.79 Å². The van der Waals surface area contributed by atoms with E-state index in [0.29, 0.717) is 0 Å². The van der Waals surface area contributed by atoms with E-state index in [1.54, 1.807) is 0 Å². The number of hydrogen-bond donors (Lipinski definition) is 1.